The van der Waals surface area contributed by atoms with Gasteiger partial charge in [0.15, 0.2) is 9.84 Å². The molecule has 0 spiro atoms. The van der Waals surface area contributed by atoms with E-state index >= 15 is 0 Å². The highest BCUT2D eigenvalue weighted by molar-refractivity contribution is 7.92. The van der Waals surface area contributed by atoms with Gasteiger partial charge < -0.3 is 5.73 Å². The van der Waals surface area contributed by atoms with Crippen LogP contribution < -0.4 is 5.73 Å². The third-order valence-corrected chi connectivity index (χ3v) is 6.61. The Labute approximate surface area is 99.7 Å². The van der Waals surface area contributed by atoms with Crippen LogP contribution in [0.25, 0.3) is 0 Å². The summed E-state index contributed by atoms with van der Waals surface area (Å²) >= 11 is 0. The molecule has 2 N–H and O–H groups in total. The first-order valence-electron chi connectivity index (χ1n) is 6.25. The van der Waals surface area contributed by atoms with E-state index in [0.29, 0.717) is 11.8 Å². The van der Waals surface area contributed by atoms with Crippen LogP contribution in [0, 0.1) is 11.8 Å². The van der Waals surface area contributed by atoms with Crippen LogP contribution in [-0.4, -0.2) is 25.0 Å². The van der Waals surface area contributed by atoms with Gasteiger partial charge in [-0.15, -0.1) is 0 Å². The first-order valence-corrected chi connectivity index (χ1v) is 7.86. The topological polar surface area (TPSA) is 60.2 Å². The van der Waals surface area contributed by atoms with Crippen LogP contribution in [-0.2, 0) is 9.84 Å². The molecule has 0 heterocycles. The Morgan fingerprint density at radius 3 is 2.12 bits per heavy atom. The number of hydrogen-bond acceptors (Lipinski definition) is 3. The van der Waals surface area contributed by atoms with E-state index in [1.54, 1.807) is 13.8 Å². The average Bonchev–Trinajstić information content (AvgIpc) is 2.17. The molecule has 0 aliphatic heterocycles. The summed E-state index contributed by atoms with van der Waals surface area (Å²) < 4.78 is 24.4. The van der Waals surface area contributed by atoms with Gasteiger partial charge >= 0.3 is 0 Å². The van der Waals surface area contributed by atoms with Crippen molar-refractivity contribution in [2.24, 2.45) is 17.6 Å². The molecule has 0 saturated heterocycles. The third-order valence-electron chi connectivity index (χ3n) is 3.91. The lowest BCUT2D eigenvalue weighted by molar-refractivity contribution is 0.260. The molecule has 0 bridgehead atoms. The van der Waals surface area contributed by atoms with Crippen molar-refractivity contribution >= 4 is 9.84 Å². The van der Waals surface area contributed by atoms with E-state index in [2.05, 4.69) is 13.8 Å². The first kappa shape index (κ1) is 14.0. The fraction of sp³-hybridized carbons (Fsp3) is 1.00. The van der Waals surface area contributed by atoms with Crippen molar-refractivity contribution in [1.29, 1.82) is 0 Å². The van der Waals surface area contributed by atoms with E-state index in [4.69, 9.17) is 5.73 Å². The zero-order chi connectivity index (χ0) is 12.5. The van der Waals surface area contributed by atoms with Crippen molar-refractivity contribution in [1.82, 2.24) is 0 Å². The van der Waals surface area contributed by atoms with E-state index in [-0.39, 0.29) is 16.5 Å². The molecule has 3 nitrogen and oxygen atoms in total. The number of nitrogens with two attached hydrogens (primary N) is 1. The monoisotopic (exact) mass is 247 g/mol. The van der Waals surface area contributed by atoms with Gasteiger partial charge in [-0.2, -0.15) is 0 Å². The Hall–Kier alpha value is -0.0900. The smallest absolute Gasteiger partial charge is 0.157 e. The van der Waals surface area contributed by atoms with Crippen molar-refractivity contribution in [2.75, 3.05) is 0 Å². The number of hydrogen-bond donors (Lipinski definition) is 1. The molecule has 1 aliphatic carbocycles. The maximum Gasteiger partial charge on any atom is 0.157 e. The minimum absolute atomic E-state index is 0.164. The van der Waals surface area contributed by atoms with Crippen molar-refractivity contribution < 1.29 is 8.42 Å². The maximum absolute atomic E-state index is 12.2. The summed E-state index contributed by atoms with van der Waals surface area (Å²) in [6.07, 6.45) is 2.67. The molecule has 0 aromatic rings. The fourth-order valence-electron chi connectivity index (χ4n) is 2.52. The number of rotatable bonds is 3. The van der Waals surface area contributed by atoms with Gasteiger partial charge in [-0.05, 0) is 44.9 Å². The lowest BCUT2D eigenvalue weighted by Gasteiger charge is -2.36. The van der Waals surface area contributed by atoms with Crippen molar-refractivity contribution in [3.63, 3.8) is 0 Å². The summed E-state index contributed by atoms with van der Waals surface area (Å²) in [6.45, 7) is 7.84. The van der Waals surface area contributed by atoms with E-state index in [9.17, 15) is 8.42 Å². The minimum Gasteiger partial charge on any atom is -0.327 e. The van der Waals surface area contributed by atoms with E-state index in [1.807, 2.05) is 0 Å². The minimum atomic E-state index is -3.04. The molecule has 0 radical (unpaired) electrons. The summed E-state index contributed by atoms with van der Waals surface area (Å²) in [6, 6.07) is -0.164. The van der Waals surface area contributed by atoms with Gasteiger partial charge in [0, 0.05) is 6.04 Å². The largest absolute Gasteiger partial charge is 0.327 e. The Morgan fingerprint density at radius 1 is 1.12 bits per heavy atom. The van der Waals surface area contributed by atoms with Crippen molar-refractivity contribution in [2.45, 2.75) is 63.5 Å². The van der Waals surface area contributed by atoms with Gasteiger partial charge in [0.25, 0.3) is 0 Å². The molecule has 1 fully saturated rings. The van der Waals surface area contributed by atoms with Crippen LogP contribution in [0.3, 0.4) is 0 Å². The standard InChI is InChI=1S/C12H25NO2S/c1-8(2)10-5-6-11(13)12(7-10)16(14,15)9(3)4/h8-12H,5-7,13H2,1-4H3. The van der Waals surface area contributed by atoms with Gasteiger partial charge in [0.2, 0.25) is 0 Å². The predicted octanol–water partition coefficient (Wildman–Crippen LogP) is 1.96. The van der Waals surface area contributed by atoms with Crippen molar-refractivity contribution in [3.05, 3.63) is 0 Å². The van der Waals surface area contributed by atoms with E-state index in [0.717, 1.165) is 19.3 Å². The van der Waals surface area contributed by atoms with Crippen LogP contribution in [0.1, 0.15) is 47.0 Å². The number of sulfone groups is 1. The zero-order valence-corrected chi connectivity index (χ0v) is 11.6. The van der Waals surface area contributed by atoms with Crippen LogP contribution in [0.15, 0.2) is 0 Å². The highest BCUT2D eigenvalue weighted by Crippen LogP contribution is 2.33. The third kappa shape index (κ3) is 2.77. The molecule has 4 heteroatoms. The van der Waals surface area contributed by atoms with Crippen LogP contribution in [0.5, 0.6) is 0 Å². The van der Waals surface area contributed by atoms with Crippen LogP contribution in [0.4, 0.5) is 0 Å². The second-order valence-electron chi connectivity index (χ2n) is 5.66. The Bertz CT molecular complexity index is 322. The Kier molecular flexibility index (Phi) is 4.41. The van der Waals surface area contributed by atoms with Crippen molar-refractivity contribution in [3.8, 4) is 0 Å². The highest BCUT2D eigenvalue weighted by Gasteiger charge is 2.39. The molecule has 0 aromatic carbocycles. The lowest BCUT2D eigenvalue weighted by atomic mass is 9.79. The second-order valence-corrected chi connectivity index (χ2v) is 8.38. The van der Waals surface area contributed by atoms with Gasteiger partial charge in [-0.25, -0.2) is 8.42 Å². The average molecular weight is 247 g/mol. The molecule has 1 saturated carbocycles. The van der Waals surface area contributed by atoms with Crippen LogP contribution in [0.2, 0.25) is 0 Å². The summed E-state index contributed by atoms with van der Waals surface area (Å²) in [4.78, 5) is 0. The summed E-state index contributed by atoms with van der Waals surface area (Å²) in [5, 5.41) is -0.636. The molecule has 1 rings (SSSR count). The normalized spacial score (nSPS) is 32.3. The summed E-state index contributed by atoms with van der Waals surface area (Å²) in [5.74, 6) is 1.07. The highest BCUT2D eigenvalue weighted by atomic mass is 32.2. The fourth-order valence-corrected chi connectivity index (χ4v) is 4.35. The predicted molar refractivity (Wildman–Crippen MR) is 68.0 cm³/mol. The zero-order valence-electron chi connectivity index (χ0n) is 10.8. The molecule has 1 aliphatic rings. The van der Waals surface area contributed by atoms with E-state index < -0.39 is 9.84 Å². The molecule has 0 aromatic heterocycles. The maximum atomic E-state index is 12.2. The van der Waals surface area contributed by atoms with Crippen LogP contribution >= 0.6 is 0 Å². The SMILES string of the molecule is CC(C)C1CCC(N)C(S(=O)(=O)C(C)C)C1. The quantitative estimate of drug-likeness (QED) is 0.829. The summed E-state index contributed by atoms with van der Waals surface area (Å²) in [5.41, 5.74) is 5.99. The molecule has 96 valence electrons. The van der Waals surface area contributed by atoms with Gasteiger partial charge in [0.1, 0.15) is 0 Å². The molecule has 0 amide bonds. The summed E-state index contributed by atoms with van der Waals surface area (Å²) in [7, 11) is -3.04. The molecule has 16 heavy (non-hydrogen) atoms. The molecule has 3 unspecified atom stereocenters. The molecular weight excluding hydrogens is 222 g/mol. The first-order chi connectivity index (χ1) is 7.26. The molecular formula is C12H25NO2S. The molecule has 3 atom stereocenters. The Balaban J connectivity index is 2.86. The van der Waals surface area contributed by atoms with E-state index in [1.165, 1.54) is 0 Å². The van der Waals surface area contributed by atoms with Gasteiger partial charge in [-0.1, -0.05) is 13.8 Å². The Morgan fingerprint density at radius 2 is 1.69 bits per heavy atom. The van der Waals surface area contributed by atoms with Gasteiger partial charge in [-0.3, -0.25) is 0 Å². The lowest BCUT2D eigenvalue weighted by Crippen LogP contribution is -2.48. The second kappa shape index (κ2) is 5.05. The van der Waals surface area contributed by atoms with Gasteiger partial charge in [0.05, 0.1) is 10.5 Å².